The van der Waals surface area contributed by atoms with Crippen molar-refractivity contribution < 1.29 is 4.79 Å². The molecule has 0 fully saturated rings. The first kappa shape index (κ1) is 12.5. The van der Waals surface area contributed by atoms with Crippen LogP contribution in [-0.4, -0.2) is 24.2 Å². The van der Waals surface area contributed by atoms with Crippen molar-refractivity contribution in [3.05, 3.63) is 23.8 Å². The average molecular weight is 250 g/mol. The summed E-state index contributed by atoms with van der Waals surface area (Å²) in [4.78, 5) is 15.1. The van der Waals surface area contributed by atoms with E-state index in [2.05, 4.69) is 32.0 Å². The monoisotopic (exact) mass is 250 g/mol. The van der Waals surface area contributed by atoms with Gasteiger partial charge in [-0.3, -0.25) is 4.79 Å². The van der Waals surface area contributed by atoms with Crippen molar-refractivity contribution in [3.63, 3.8) is 0 Å². The van der Waals surface area contributed by atoms with Gasteiger partial charge in [-0.1, -0.05) is 19.1 Å². The Labute approximate surface area is 106 Å². The van der Waals surface area contributed by atoms with Gasteiger partial charge in [-0.2, -0.15) is 0 Å². The van der Waals surface area contributed by atoms with Crippen LogP contribution in [0.25, 0.3) is 0 Å². The van der Waals surface area contributed by atoms with Crippen molar-refractivity contribution in [1.82, 2.24) is 0 Å². The largest absolute Gasteiger partial charge is 0.322 e. The highest BCUT2D eigenvalue weighted by Crippen LogP contribution is 2.40. The predicted molar refractivity (Wildman–Crippen MR) is 72.5 cm³/mol. The molecule has 0 aliphatic carbocycles. The van der Waals surface area contributed by atoms with Gasteiger partial charge in [0.25, 0.3) is 0 Å². The first-order chi connectivity index (χ1) is 8.19. The number of thioether (sulfide) groups is 1. The van der Waals surface area contributed by atoms with Crippen LogP contribution >= 0.6 is 11.8 Å². The van der Waals surface area contributed by atoms with Crippen molar-refractivity contribution >= 4 is 23.4 Å². The second kappa shape index (κ2) is 5.10. The van der Waals surface area contributed by atoms with Crippen LogP contribution in [0.1, 0.15) is 19.4 Å². The maximum absolute atomic E-state index is 12.0. The van der Waals surface area contributed by atoms with Crippen LogP contribution in [0.2, 0.25) is 0 Å². The lowest BCUT2D eigenvalue weighted by Gasteiger charge is -2.36. The van der Waals surface area contributed by atoms with Crippen LogP contribution in [-0.2, 0) is 11.2 Å². The minimum atomic E-state index is 0.0138. The number of amides is 1. The number of fused-ring (bicyclic) bond motifs is 1. The van der Waals surface area contributed by atoms with Crippen LogP contribution in [0.15, 0.2) is 23.1 Å². The lowest BCUT2D eigenvalue weighted by Crippen LogP contribution is -2.46. The molecule has 1 heterocycles. The summed E-state index contributed by atoms with van der Waals surface area (Å²) in [7, 11) is 0. The minimum Gasteiger partial charge on any atom is -0.322 e. The highest BCUT2D eigenvalue weighted by atomic mass is 32.2. The molecule has 0 saturated heterocycles. The Hall–Kier alpha value is -1.000. The number of anilines is 1. The highest BCUT2D eigenvalue weighted by molar-refractivity contribution is 7.99. The third-order valence-corrected chi connectivity index (χ3v) is 4.36. The molecular formula is C13H18N2OS. The molecule has 1 amide bonds. The first-order valence-electron chi connectivity index (χ1n) is 5.95. The summed E-state index contributed by atoms with van der Waals surface area (Å²) in [6.45, 7) is 4.27. The lowest BCUT2D eigenvalue weighted by atomic mass is 10.1. The Bertz CT molecular complexity index is 419. The molecule has 0 spiro atoms. The summed E-state index contributed by atoms with van der Waals surface area (Å²) in [5.41, 5.74) is 7.82. The molecular weight excluding hydrogens is 232 g/mol. The van der Waals surface area contributed by atoms with Gasteiger partial charge in [0.1, 0.15) is 0 Å². The van der Waals surface area contributed by atoms with E-state index in [9.17, 15) is 4.79 Å². The van der Waals surface area contributed by atoms with Crippen LogP contribution in [0, 0.1) is 0 Å². The summed E-state index contributed by atoms with van der Waals surface area (Å²) in [5, 5.41) is 0. The molecule has 1 aliphatic heterocycles. The third-order valence-electron chi connectivity index (χ3n) is 3.07. The molecule has 1 unspecified atom stereocenters. The number of rotatable bonds is 2. The smallest absolute Gasteiger partial charge is 0.241 e. The number of benzene rings is 1. The van der Waals surface area contributed by atoms with Gasteiger partial charge < -0.3 is 10.6 Å². The molecule has 1 aromatic carbocycles. The molecule has 1 aliphatic rings. The Morgan fingerprint density at radius 3 is 3.00 bits per heavy atom. The van der Waals surface area contributed by atoms with Gasteiger partial charge in [0.15, 0.2) is 0 Å². The van der Waals surface area contributed by atoms with E-state index in [1.165, 1.54) is 10.5 Å². The summed E-state index contributed by atoms with van der Waals surface area (Å²) in [6, 6.07) is 6.46. The molecule has 2 N–H and O–H groups in total. The fraction of sp³-hybridized carbons (Fsp3) is 0.462. The van der Waals surface area contributed by atoms with E-state index >= 15 is 0 Å². The van der Waals surface area contributed by atoms with E-state index in [-0.39, 0.29) is 18.5 Å². The van der Waals surface area contributed by atoms with Gasteiger partial charge in [0.2, 0.25) is 5.91 Å². The second-order valence-corrected chi connectivity index (χ2v) is 5.31. The number of nitrogens with zero attached hydrogens (tertiary/aromatic N) is 1. The van der Waals surface area contributed by atoms with Crippen molar-refractivity contribution in [1.29, 1.82) is 0 Å². The first-order valence-corrected chi connectivity index (χ1v) is 6.94. The van der Waals surface area contributed by atoms with Gasteiger partial charge in [-0.15, -0.1) is 11.8 Å². The van der Waals surface area contributed by atoms with Crippen LogP contribution in [0.4, 0.5) is 5.69 Å². The zero-order valence-electron chi connectivity index (χ0n) is 10.3. The maximum atomic E-state index is 12.0. The zero-order chi connectivity index (χ0) is 12.4. The minimum absolute atomic E-state index is 0.0138. The lowest BCUT2D eigenvalue weighted by molar-refractivity contribution is -0.117. The molecule has 2 rings (SSSR count). The molecule has 92 valence electrons. The Kier molecular flexibility index (Phi) is 3.74. The van der Waals surface area contributed by atoms with Crippen molar-refractivity contribution in [2.45, 2.75) is 31.2 Å². The van der Waals surface area contributed by atoms with Crippen LogP contribution < -0.4 is 10.6 Å². The third kappa shape index (κ3) is 2.19. The predicted octanol–water partition coefficient (Wildman–Crippen LogP) is 2.03. The Balaban J connectivity index is 2.52. The fourth-order valence-electron chi connectivity index (χ4n) is 2.22. The van der Waals surface area contributed by atoms with Crippen molar-refractivity contribution in [2.24, 2.45) is 5.73 Å². The number of nitrogens with two attached hydrogens (primary N) is 1. The number of hydrogen-bond donors (Lipinski definition) is 1. The van der Waals surface area contributed by atoms with Crippen molar-refractivity contribution in [3.8, 4) is 0 Å². The second-order valence-electron chi connectivity index (χ2n) is 4.25. The molecule has 4 heteroatoms. The Morgan fingerprint density at radius 1 is 1.59 bits per heavy atom. The number of carbonyl (C=O) groups is 1. The molecule has 0 aromatic heterocycles. The highest BCUT2D eigenvalue weighted by Gasteiger charge is 2.29. The molecule has 17 heavy (non-hydrogen) atoms. The quantitative estimate of drug-likeness (QED) is 0.873. The molecule has 0 bridgehead atoms. The van der Waals surface area contributed by atoms with E-state index in [0.29, 0.717) is 0 Å². The number of hydrogen-bond acceptors (Lipinski definition) is 3. The molecule has 0 saturated carbocycles. The van der Waals surface area contributed by atoms with Gasteiger partial charge in [0.05, 0.1) is 12.2 Å². The number of aryl methyl sites for hydroxylation is 1. The molecule has 1 atom stereocenters. The zero-order valence-corrected chi connectivity index (χ0v) is 11.1. The van der Waals surface area contributed by atoms with E-state index in [0.717, 1.165) is 17.9 Å². The SMILES string of the molecule is CCc1cccc2c1N(C(=O)CN)C(C)CS2. The normalized spacial score (nSPS) is 19.0. The summed E-state index contributed by atoms with van der Waals surface area (Å²) < 4.78 is 0. The van der Waals surface area contributed by atoms with E-state index < -0.39 is 0 Å². The van der Waals surface area contributed by atoms with E-state index in [4.69, 9.17) is 5.73 Å². The van der Waals surface area contributed by atoms with Crippen LogP contribution in [0.5, 0.6) is 0 Å². The van der Waals surface area contributed by atoms with E-state index in [1.807, 2.05) is 16.7 Å². The van der Waals surface area contributed by atoms with Crippen LogP contribution in [0.3, 0.4) is 0 Å². The maximum Gasteiger partial charge on any atom is 0.241 e. The van der Waals surface area contributed by atoms with E-state index in [1.54, 1.807) is 0 Å². The Morgan fingerprint density at radius 2 is 2.35 bits per heavy atom. The summed E-state index contributed by atoms with van der Waals surface area (Å²) in [6.07, 6.45) is 0.935. The topological polar surface area (TPSA) is 46.3 Å². The fourth-order valence-corrected chi connectivity index (χ4v) is 3.33. The molecule has 1 aromatic rings. The standard InChI is InChI=1S/C13H18N2OS/c1-3-10-5-4-6-11-13(10)15(12(16)7-14)9(2)8-17-11/h4-6,9H,3,7-8,14H2,1-2H3. The number of para-hydroxylation sites is 1. The summed E-state index contributed by atoms with van der Waals surface area (Å²) >= 11 is 1.82. The molecule has 3 nitrogen and oxygen atoms in total. The number of carbonyl (C=O) groups excluding carboxylic acids is 1. The van der Waals surface area contributed by atoms with Gasteiger partial charge in [0, 0.05) is 16.7 Å². The van der Waals surface area contributed by atoms with Crippen molar-refractivity contribution in [2.75, 3.05) is 17.2 Å². The molecule has 0 radical (unpaired) electrons. The average Bonchev–Trinajstić information content (AvgIpc) is 2.37. The summed E-state index contributed by atoms with van der Waals surface area (Å²) in [5.74, 6) is 0.950. The van der Waals surface area contributed by atoms with Gasteiger partial charge >= 0.3 is 0 Å². The van der Waals surface area contributed by atoms with Gasteiger partial charge in [-0.25, -0.2) is 0 Å². The van der Waals surface area contributed by atoms with Gasteiger partial charge in [-0.05, 0) is 25.0 Å².